The molecule has 20 heavy (non-hydrogen) atoms. The summed E-state index contributed by atoms with van der Waals surface area (Å²) >= 11 is 4.01. The first-order valence-electron chi connectivity index (χ1n) is 6.43. The zero-order valence-electron chi connectivity index (χ0n) is 10.8. The summed E-state index contributed by atoms with van der Waals surface area (Å²) < 4.78 is 37.5. The Morgan fingerprint density at radius 2 is 1.85 bits per heavy atom. The Morgan fingerprint density at radius 1 is 1.25 bits per heavy atom. The predicted octanol–water partition coefficient (Wildman–Crippen LogP) is 3.17. The minimum absolute atomic E-state index is 0.0727. The van der Waals surface area contributed by atoms with E-state index < -0.39 is 11.7 Å². The molecule has 0 atom stereocenters. The van der Waals surface area contributed by atoms with Crippen molar-refractivity contribution >= 4 is 18.5 Å². The van der Waals surface area contributed by atoms with E-state index in [4.69, 9.17) is 0 Å². The number of amides is 1. The van der Waals surface area contributed by atoms with Gasteiger partial charge in [0.2, 0.25) is 5.91 Å². The van der Waals surface area contributed by atoms with Crippen LogP contribution in [0.25, 0.3) is 0 Å². The molecule has 6 heteroatoms. The molecule has 0 aliphatic heterocycles. The number of nitrogens with one attached hydrogen (secondary N) is 1. The Labute approximate surface area is 121 Å². The van der Waals surface area contributed by atoms with Gasteiger partial charge in [0.1, 0.15) is 0 Å². The molecule has 1 fully saturated rings. The molecule has 1 aliphatic carbocycles. The second-order valence-corrected chi connectivity index (χ2v) is 5.55. The van der Waals surface area contributed by atoms with Crippen LogP contribution in [0.3, 0.4) is 0 Å². The Hall–Kier alpha value is -1.17. The molecule has 0 aromatic heterocycles. The summed E-state index contributed by atoms with van der Waals surface area (Å²) in [5, 5.41) is 2.74. The van der Waals surface area contributed by atoms with E-state index in [-0.39, 0.29) is 11.3 Å². The van der Waals surface area contributed by atoms with Crippen LogP contribution in [0.5, 0.6) is 0 Å². The first-order chi connectivity index (χ1) is 9.37. The Bertz CT molecular complexity index is 480. The molecule has 110 valence electrons. The molecule has 0 unspecified atom stereocenters. The summed E-state index contributed by atoms with van der Waals surface area (Å²) in [5.41, 5.74) is -0.117. The number of carbonyl (C=O) groups excluding carboxylic acids is 1. The highest BCUT2D eigenvalue weighted by molar-refractivity contribution is 7.80. The van der Waals surface area contributed by atoms with E-state index in [9.17, 15) is 18.0 Å². The molecule has 2 nitrogen and oxygen atoms in total. The third-order valence-electron chi connectivity index (χ3n) is 3.61. The van der Waals surface area contributed by atoms with E-state index >= 15 is 0 Å². The minimum Gasteiger partial charge on any atom is -0.355 e. The maximum absolute atomic E-state index is 12.5. The van der Waals surface area contributed by atoms with Crippen LogP contribution >= 0.6 is 12.6 Å². The van der Waals surface area contributed by atoms with Crippen molar-refractivity contribution in [3.8, 4) is 0 Å². The van der Waals surface area contributed by atoms with Gasteiger partial charge in [0.15, 0.2) is 0 Å². The Balaban J connectivity index is 2.05. The van der Waals surface area contributed by atoms with E-state index in [1.165, 1.54) is 12.1 Å². The molecule has 1 N–H and O–H groups in total. The van der Waals surface area contributed by atoms with Gasteiger partial charge in [-0.15, -0.1) is 0 Å². The highest BCUT2D eigenvalue weighted by atomic mass is 32.1. The van der Waals surface area contributed by atoms with Crippen molar-refractivity contribution in [3.05, 3.63) is 35.4 Å². The van der Waals surface area contributed by atoms with Gasteiger partial charge in [0.25, 0.3) is 0 Å². The number of carbonyl (C=O) groups is 1. The average molecular weight is 303 g/mol. The van der Waals surface area contributed by atoms with Gasteiger partial charge in [0.05, 0.1) is 5.56 Å². The summed E-state index contributed by atoms with van der Waals surface area (Å²) in [6.45, 7) is 0.505. The second kappa shape index (κ2) is 5.68. The zero-order valence-corrected chi connectivity index (χ0v) is 11.7. The monoisotopic (exact) mass is 303 g/mol. The number of thiol groups is 1. The van der Waals surface area contributed by atoms with Crippen LogP contribution in [-0.2, 0) is 16.4 Å². The van der Waals surface area contributed by atoms with Crippen LogP contribution in [0, 0.1) is 0 Å². The molecule has 0 heterocycles. The lowest BCUT2D eigenvalue weighted by molar-refractivity contribution is -0.137. The molecule has 2 rings (SSSR count). The largest absolute Gasteiger partial charge is 0.416 e. The third kappa shape index (κ3) is 3.48. The summed E-state index contributed by atoms with van der Waals surface area (Å²) in [6.07, 6.45) is -2.31. The maximum atomic E-state index is 12.5. The van der Waals surface area contributed by atoms with Crippen LogP contribution in [0.2, 0.25) is 0 Å². The molecule has 0 radical (unpaired) electrons. The van der Waals surface area contributed by atoms with Crippen LogP contribution in [0.1, 0.15) is 30.4 Å². The highest BCUT2D eigenvalue weighted by Crippen LogP contribution is 2.51. The molecule has 0 saturated heterocycles. The van der Waals surface area contributed by atoms with Crippen LogP contribution < -0.4 is 5.32 Å². The first kappa shape index (κ1) is 15.2. The van der Waals surface area contributed by atoms with E-state index in [0.717, 1.165) is 30.5 Å². The quantitative estimate of drug-likeness (QED) is 0.804. The number of rotatable bonds is 5. The van der Waals surface area contributed by atoms with E-state index in [1.54, 1.807) is 0 Å². The van der Waals surface area contributed by atoms with Crippen molar-refractivity contribution in [2.24, 2.45) is 0 Å². The summed E-state index contributed by atoms with van der Waals surface area (Å²) in [5.74, 6) is 0.496. The van der Waals surface area contributed by atoms with Crippen molar-refractivity contribution in [3.63, 3.8) is 0 Å². The van der Waals surface area contributed by atoms with E-state index in [2.05, 4.69) is 17.9 Å². The van der Waals surface area contributed by atoms with E-state index in [1.807, 2.05) is 0 Å². The Kier molecular flexibility index (Phi) is 4.32. The lowest BCUT2D eigenvalue weighted by Gasteiger charge is -2.16. The standard InChI is InChI=1S/C14H16F3NOS/c15-14(16,17)11-3-1-10(2-4-11)13(5-6-13)9-12(19)18-7-8-20/h1-4,20H,5-9H2,(H,18,19). The van der Waals surface area contributed by atoms with Crippen LogP contribution in [0.4, 0.5) is 13.2 Å². The normalized spacial score (nSPS) is 16.8. The fraction of sp³-hybridized carbons (Fsp3) is 0.500. The molecule has 1 aromatic rings. The molecule has 0 bridgehead atoms. The first-order valence-corrected chi connectivity index (χ1v) is 7.06. The number of alkyl halides is 3. The molecule has 1 aliphatic rings. The summed E-state index contributed by atoms with van der Waals surface area (Å²) in [6, 6.07) is 5.14. The molecule has 1 aromatic carbocycles. The zero-order chi connectivity index (χ0) is 14.8. The van der Waals surface area contributed by atoms with Crippen molar-refractivity contribution < 1.29 is 18.0 Å². The van der Waals surface area contributed by atoms with E-state index in [0.29, 0.717) is 18.7 Å². The van der Waals surface area contributed by atoms with Gasteiger partial charge in [-0.2, -0.15) is 25.8 Å². The van der Waals surface area contributed by atoms with Crippen molar-refractivity contribution in [1.29, 1.82) is 0 Å². The number of halogens is 3. The molecular weight excluding hydrogens is 287 g/mol. The molecule has 1 amide bonds. The smallest absolute Gasteiger partial charge is 0.355 e. The minimum atomic E-state index is -4.32. The van der Waals surface area contributed by atoms with Crippen LogP contribution in [0.15, 0.2) is 24.3 Å². The van der Waals surface area contributed by atoms with Gasteiger partial charge in [-0.25, -0.2) is 0 Å². The van der Waals surface area contributed by atoms with Gasteiger partial charge < -0.3 is 5.32 Å². The van der Waals surface area contributed by atoms with Crippen molar-refractivity contribution in [2.75, 3.05) is 12.3 Å². The molecule has 1 saturated carbocycles. The van der Waals surface area contributed by atoms with Gasteiger partial charge in [0, 0.05) is 24.1 Å². The van der Waals surface area contributed by atoms with Crippen molar-refractivity contribution in [1.82, 2.24) is 5.32 Å². The average Bonchev–Trinajstić information content (AvgIpc) is 3.16. The van der Waals surface area contributed by atoms with Gasteiger partial charge in [-0.05, 0) is 30.5 Å². The maximum Gasteiger partial charge on any atom is 0.416 e. The Morgan fingerprint density at radius 3 is 2.30 bits per heavy atom. The van der Waals surface area contributed by atoms with Crippen molar-refractivity contribution in [2.45, 2.75) is 30.9 Å². The molecular formula is C14H16F3NOS. The van der Waals surface area contributed by atoms with Gasteiger partial charge in [-0.1, -0.05) is 12.1 Å². The SMILES string of the molecule is O=C(CC1(c2ccc(C(F)(F)F)cc2)CC1)NCCS. The fourth-order valence-corrected chi connectivity index (χ4v) is 2.41. The third-order valence-corrected chi connectivity index (χ3v) is 3.83. The number of hydrogen-bond donors (Lipinski definition) is 2. The number of hydrogen-bond acceptors (Lipinski definition) is 2. The lowest BCUT2D eigenvalue weighted by atomic mass is 9.91. The highest BCUT2D eigenvalue weighted by Gasteiger charge is 2.46. The second-order valence-electron chi connectivity index (χ2n) is 5.11. The number of benzene rings is 1. The topological polar surface area (TPSA) is 29.1 Å². The summed E-state index contributed by atoms with van der Waals surface area (Å²) in [4.78, 5) is 11.7. The van der Waals surface area contributed by atoms with Gasteiger partial charge >= 0.3 is 6.18 Å². The molecule has 0 spiro atoms. The fourth-order valence-electron chi connectivity index (χ4n) is 2.30. The summed E-state index contributed by atoms with van der Waals surface area (Å²) in [7, 11) is 0. The lowest BCUT2D eigenvalue weighted by Crippen LogP contribution is -2.29. The van der Waals surface area contributed by atoms with Gasteiger partial charge in [-0.3, -0.25) is 4.79 Å². The predicted molar refractivity (Wildman–Crippen MR) is 73.8 cm³/mol. The van der Waals surface area contributed by atoms with Crippen LogP contribution in [-0.4, -0.2) is 18.2 Å².